The molecule has 1 aromatic heterocycles. The number of esters is 2. The number of hydrogen-bond donors (Lipinski definition) is 1. The minimum Gasteiger partial charge on any atom is -0.497 e. The lowest BCUT2D eigenvalue weighted by Gasteiger charge is -2.36. The predicted octanol–water partition coefficient (Wildman–Crippen LogP) is 1.57. The zero-order valence-corrected chi connectivity index (χ0v) is 19.6. The monoisotopic (exact) mass is 487 g/mol. The maximum Gasteiger partial charge on any atom is 0.355 e. The Bertz CT molecular complexity index is 1410. The molecule has 0 fully saturated rings. The van der Waals surface area contributed by atoms with E-state index in [0.29, 0.717) is 17.0 Å². The van der Waals surface area contributed by atoms with Crippen molar-refractivity contribution >= 4 is 17.6 Å². The number of rotatable bonds is 6. The number of allylic oxidation sites excluding steroid dienone is 1. The summed E-state index contributed by atoms with van der Waals surface area (Å²) in [6.45, 7) is 0. The van der Waals surface area contributed by atoms with Crippen LogP contribution in [-0.2, 0) is 19.1 Å². The third-order valence-electron chi connectivity index (χ3n) is 5.63. The van der Waals surface area contributed by atoms with Crippen molar-refractivity contribution in [1.82, 2.24) is 20.2 Å². The highest BCUT2D eigenvalue weighted by atomic mass is 16.5. The molecule has 182 valence electrons. The molecule has 3 aromatic rings. The van der Waals surface area contributed by atoms with Crippen molar-refractivity contribution in [3.8, 4) is 17.5 Å². The maximum absolute atomic E-state index is 13.3. The number of carbonyl (C=O) groups excluding carboxylic acids is 2. The maximum atomic E-state index is 13.3. The van der Waals surface area contributed by atoms with Gasteiger partial charge in [0.25, 0.3) is 0 Å². The normalized spacial score (nSPS) is 15.4. The van der Waals surface area contributed by atoms with Crippen LogP contribution in [0.15, 0.2) is 77.5 Å². The first-order valence-electron chi connectivity index (χ1n) is 10.5. The second kappa shape index (κ2) is 9.98. The summed E-state index contributed by atoms with van der Waals surface area (Å²) >= 11 is 0. The molecule has 36 heavy (non-hydrogen) atoms. The Morgan fingerprint density at radius 1 is 1.03 bits per heavy atom. The summed E-state index contributed by atoms with van der Waals surface area (Å²) in [4.78, 5) is 27.8. The fourth-order valence-electron chi connectivity index (χ4n) is 4.04. The molecule has 1 unspecified atom stereocenters. The fraction of sp³-hybridized carbons (Fsp3) is 0.167. The number of nitrogens with two attached hydrogens (primary N) is 1. The Morgan fingerprint density at radius 3 is 2.33 bits per heavy atom. The molecular weight excluding hydrogens is 466 g/mol. The van der Waals surface area contributed by atoms with Crippen LogP contribution in [0.3, 0.4) is 0 Å². The van der Waals surface area contributed by atoms with Crippen LogP contribution < -0.4 is 15.4 Å². The summed E-state index contributed by atoms with van der Waals surface area (Å²) in [5, 5.41) is 21.5. The number of nitriles is 1. The predicted molar refractivity (Wildman–Crippen MR) is 125 cm³/mol. The third kappa shape index (κ3) is 3.98. The Balaban J connectivity index is 2.12. The molecule has 0 spiro atoms. The molecule has 12 nitrogen and oxygen atoms in total. The molecule has 0 saturated carbocycles. The summed E-state index contributed by atoms with van der Waals surface area (Å²) < 4.78 is 16.8. The molecule has 1 aliphatic heterocycles. The number of tetrazole rings is 1. The molecule has 0 saturated heterocycles. The summed E-state index contributed by atoms with van der Waals surface area (Å²) in [7, 11) is 3.82. The van der Waals surface area contributed by atoms with Gasteiger partial charge in [-0.05, 0) is 28.1 Å². The topological polar surface area (TPSA) is 158 Å². The van der Waals surface area contributed by atoms with Crippen LogP contribution in [0.4, 0.5) is 5.69 Å². The summed E-state index contributed by atoms with van der Waals surface area (Å²) in [6.07, 6.45) is 1.34. The average Bonchev–Trinajstić information content (AvgIpc) is 3.46. The lowest BCUT2D eigenvalue weighted by atomic mass is 9.81. The van der Waals surface area contributed by atoms with Gasteiger partial charge in [0.1, 0.15) is 23.6 Å². The van der Waals surface area contributed by atoms with Crippen LogP contribution in [0.5, 0.6) is 5.75 Å². The van der Waals surface area contributed by atoms with Crippen molar-refractivity contribution in [2.45, 2.75) is 5.92 Å². The number of ether oxygens (including phenoxy) is 3. The van der Waals surface area contributed by atoms with Crippen molar-refractivity contribution in [2.24, 2.45) is 5.73 Å². The number of anilines is 1. The molecule has 0 amide bonds. The number of hydrogen-bond acceptors (Lipinski definition) is 11. The second-order valence-corrected chi connectivity index (χ2v) is 7.44. The SMILES string of the molecule is COC(=O)C1=C(C(=O)OC)N(c2cc(OC)ccc2-n2cnnn2)C(N)=C(C#N)C1c1ccccc1. The van der Waals surface area contributed by atoms with Gasteiger partial charge in [0.05, 0.1) is 55.8 Å². The molecule has 0 aliphatic carbocycles. The lowest BCUT2D eigenvalue weighted by molar-refractivity contribution is -0.139. The standard InChI is InChI=1S/C24H21N7O5/c1-34-15-9-10-17(30-13-27-28-29-30)18(11-15)31-21(24(33)36-3)20(23(32)35-2)19(16(12-25)22(31)26)14-7-5-4-6-8-14/h4-11,13,19H,26H2,1-3H3. The van der Waals surface area contributed by atoms with E-state index in [1.54, 1.807) is 48.5 Å². The van der Waals surface area contributed by atoms with Gasteiger partial charge >= 0.3 is 11.9 Å². The molecule has 2 heterocycles. The van der Waals surface area contributed by atoms with E-state index in [-0.39, 0.29) is 28.4 Å². The van der Waals surface area contributed by atoms with E-state index in [1.165, 1.54) is 37.2 Å². The van der Waals surface area contributed by atoms with E-state index in [4.69, 9.17) is 19.9 Å². The fourth-order valence-corrected chi connectivity index (χ4v) is 4.04. The number of methoxy groups -OCH3 is 3. The van der Waals surface area contributed by atoms with Crippen molar-refractivity contribution < 1.29 is 23.8 Å². The van der Waals surface area contributed by atoms with Crippen LogP contribution in [0.25, 0.3) is 5.69 Å². The van der Waals surface area contributed by atoms with Crippen molar-refractivity contribution in [1.29, 1.82) is 5.26 Å². The molecule has 0 bridgehead atoms. The first-order valence-corrected chi connectivity index (χ1v) is 10.5. The van der Waals surface area contributed by atoms with Crippen molar-refractivity contribution in [3.05, 3.63) is 83.1 Å². The quantitative estimate of drug-likeness (QED) is 0.503. The van der Waals surface area contributed by atoms with Crippen molar-refractivity contribution in [2.75, 3.05) is 26.2 Å². The van der Waals surface area contributed by atoms with Gasteiger partial charge in [0.15, 0.2) is 0 Å². The molecular formula is C24H21N7O5. The highest BCUT2D eigenvalue weighted by Crippen LogP contribution is 2.45. The summed E-state index contributed by atoms with van der Waals surface area (Å²) in [5.74, 6) is -2.39. The van der Waals surface area contributed by atoms with Crippen LogP contribution >= 0.6 is 0 Å². The van der Waals surface area contributed by atoms with E-state index in [1.807, 2.05) is 0 Å². The number of benzene rings is 2. The Morgan fingerprint density at radius 2 is 1.75 bits per heavy atom. The zero-order chi connectivity index (χ0) is 25.8. The highest BCUT2D eigenvalue weighted by molar-refractivity contribution is 6.06. The van der Waals surface area contributed by atoms with E-state index < -0.39 is 17.9 Å². The van der Waals surface area contributed by atoms with E-state index >= 15 is 0 Å². The minimum atomic E-state index is -0.990. The minimum absolute atomic E-state index is 0.0275. The molecule has 12 heteroatoms. The summed E-state index contributed by atoms with van der Waals surface area (Å²) in [6, 6.07) is 15.7. The second-order valence-electron chi connectivity index (χ2n) is 7.44. The first kappa shape index (κ1) is 24.0. The van der Waals surface area contributed by atoms with Crippen LogP contribution in [0, 0.1) is 11.3 Å². The lowest BCUT2D eigenvalue weighted by Crippen LogP contribution is -2.41. The number of carbonyl (C=O) groups is 2. The van der Waals surface area contributed by atoms with Crippen LogP contribution in [-0.4, -0.2) is 53.5 Å². The number of aromatic nitrogens is 4. The van der Waals surface area contributed by atoms with Gasteiger partial charge in [-0.1, -0.05) is 30.3 Å². The van der Waals surface area contributed by atoms with E-state index in [9.17, 15) is 14.9 Å². The molecule has 2 aromatic carbocycles. The Labute approximate surface area is 205 Å². The Hall–Kier alpha value is -5.18. The number of nitrogens with zero attached hydrogens (tertiary/aromatic N) is 6. The van der Waals surface area contributed by atoms with E-state index in [0.717, 1.165) is 0 Å². The smallest absolute Gasteiger partial charge is 0.355 e. The summed E-state index contributed by atoms with van der Waals surface area (Å²) in [5.41, 5.74) is 7.46. The van der Waals surface area contributed by atoms with Crippen LogP contribution in [0.2, 0.25) is 0 Å². The van der Waals surface area contributed by atoms with Gasteiger partial charge in [-0.3, -0.25) is 4.90 Å². The van der Waals surface area contributed by atoms with Gasteiger partial charge in [0.2, 0.25) is 0 Å². The molecule has 0 radical (unpaired) electrons. The molecule has 1 aliphatic rings. The van der Waals surface area contributed by atoms with Crippen molar-refractivity contribution in [3.63, 3.8) is 0 Å². The first-order chi connectivity index (χ1) is 17.5. The Kier molecular flexibility index (Phi) is 6.64. The van der Waals surface area contributed by atoms with Gasteiger partial charge in [-0.15, -0.1) is 5.10 Å². The van der Waals surface area contributed by atoms with Gasteiger partial charge in [0, 0.05) is 6.07 Å². The van der Waals surface area contributed by atoms with Gasteiger partial charge < -0.3 is 19.9 Å². The largest absolute Gasteiger partial charge is 0.497 e. The average molecular weight is 487 g/mol. The van der Waals surface area contributed by atoms with E-state index in [2.05, 4.69) is 21.6 Å². The van der Waals surface area contributed by atoms with Crippen LogP contribution in [0.1, 0.15) is 11.5 Å². The molecule has 1 atom stereocenters. The highest BCUT2D eigenvalue weighted by Gasteiger charge is 2.43. The van der Waals surface area contributed by atoms with Gasteiger partial charge in [-0.25, -0.2) is 9.59 Å². The zero-order valence-electron chi connectivity index (χ0n) is 19.6. The van der Waals surface area contributed by atoms with Gasteiger partial charge in [-0.2, -0.15) is 9.94 Å². The molecule has 4 rings (SSSR count). The third-order valence-corrected chi connectivity index (χ3v) is 5.63. The molecule has 2 N–H and O–H groups in total.